The van der Waals surface area contributed by atoms with E-state index < -0.39 is 14.2 Å². The Hall–Kier alpha value is -2.40. The molecular weight excluding hydrogens is 342 g/mol. The molecule has 0 bridgehead atoms. The van der Waals surface area contributed by atoms with Crippen LogP contribution in [0.5, 0.6) is 0 Å². The van der Waals surface area contributed by atoms with Crippen LogP contribution in [0.4, 0.5) is 4.79 Å². The summed E-state index contributed by atoms with van der Waals surface area (Å²) in [5, 5.41) is 1.32. The van der Waals surface area contributed by atoms with Crippen LogP contribution in [0.2, 0.25) is 18.6 Å². The number of hydrogen-bond acceptors (Lipinski definition) is 3. The van der Waals surface area contributed by atoms with Crippen LogP contribution < -0.4 is 5.19 Å². The highest BCUT2D eigenvalue weighted by Crippen LogP contribution is 2.32. The van der Waals surface area contributed by atoms with Crippen LogP contribution in [0, 0.1) is 0 Å². The zero-order valence-corrected chi connectivity index (χ0v) is 16.5. The zero-order chi connectivity index (χ0) is 18.7. The molecule has 0 aromatic heterocycles. The summed E-state index contributed by atoms with van der Waals surface area (Å²) in [7, 11) is -1.82. The zero-order valence-electron chi connectivity index (χ0n) is 15.5. The Morgan fingerprint density at radius 1 is 1.12 bits per heavy atom. The smallest absolute Gasteiger partial charge is 0.417 e. The fourth-order valence-electron chi connectivity index (χ4n) is 3.39. The van der Waals surface area contributed by atoms with E-state index in [0.29, 0.717) is 6.42 Å². The van der Waals surface area contributed by atoms with E-state index in [1.54, 1.807) is 0 Å². The van der Waals surface area contributed by atoms with Gasteiger partial charge in [-0.05, 0) is 11.1 Å². The topological polar surface area (TPSA) is 46.6 Å². The maximum Gasteiger partial charge on any atom is 0.417 e. The van der Waals surface area contributed by atoms with Crippen molar-refractivity contribution in [3.63, 3.8) is 0 Å². The first-order chi connectivity index (χ1) is 12.4. The summed E-state index contributed by atoms with van der Waals surface area (Å²) in [6.07, 6.45) is -0.178. The van der Waals surface area contributed by atoms with Gasteiger partial charge in [0.2, 0.25) is 5.91 Å². The molecule has 1 aliphatic heterocycles. The van der Waals surface area contributed by atoms with Crippen molar-refractivity contribution in [2.24, 2.45) is 0 Å². The van der Waals surface area contributed by atoms with Crippen LogP contribution in [-0.2, 0) is 9.53 Å². The molecule has 0 unspecified atom stereocenters. The van der Waals surface area contributed by atoms with E-state index in [-0.39, 0.29) is 24.1 Å². The molecule has 1 aliphatic rings. The molecule has 0 aliphatic carbocycles. The van der Waals surface area contributed by atoms with Gasteiger partial charge in [0.1, 0.15) is 12.6 Å². The maximum atomic E-state index is 13.0. The van der Waals surface area contributed by atoms with Crippen LogP contribution in [0.15, 0.2) is 60.7 Å². The molecule has 0 spiro atoms. The summed E-state index contributed by atoms with van der Waals surface area (Å²) in [5.74, 6) is -0.148. The third-order valence-electron chi connectivity index (χ3n) is 5.56. The van der Waals surface area contributed by atoms with E-state index in [9.17, 15) is 9.59 Å². The minimum absolute atomic E-state index is 0.148. The number of cyclic esters (lactones) is 1. The van der Waals surface area contributed by atoms with Crippen molar-refractivity contribution in [1.29, 1.82) is 0 Å². The van der Waals surface area contributed by atoms with Gasteiger partial charge in [-0.25, -0.2) is 9.69 Å². The Balaban J connectivity index is 1.77. The van der Waals surface area contributed by atoms with Gasteiger partial charge in [-0.1, -0.05) is 85.9 Å². The molecule has 3 rings (SSSR count). The van der Waals surface area contributed by atoms with Gasteiger partial charge in [0.15, 0.2) is 0 Å². The molecule has 26 heavy (non-hydrogen) atoms. The lowest BCUT2D eigenvalue weighted by Crippen LogP contribution is -2.47. The number of hydrogen-bond donors (Lipinski definition) is 0. The molecule has 0 N–H and O–H groups in total. The predicted molar refractivity (Wildman–Crippen MR) is 105 cm³/mol. The molecule has 1 fully saturated rings. The number of ether oxygens (including phenoxy) is 1. The number of carbonyl (C=O) groups is 2. The highest BCUT2D eigenvalue weighted by molar-refractivity contribution is 6.91. The quantitative estimate of drug-likeness (QED) is 0.748. The summed E-state index contributed by atoms with van der Waals surface area (Å²) in [6.45, 7) is 6.90. The number of rotatable bonds is 5. The first-order valence-corrected chi connectivity index (χ1v) is 12.1. The Morgan fingerprint density at radius 3 is 2.31 bits per heavy atom. The average Bonchev–Trinajstić information content (AvgIpc) is 3.04. The maximum absolute atomic E-state index is 13.0. The standard InChI is InChI=1S/C21H25NO3Si/c1-16(26(2,3)18-12-8-5-9-13-18)14-20(23)22-19(15-25-21(22)24)17-10-6-4-7-11-17/h4-13,16,19H,14-15H2,1-3H3/t16-,19-/m0/s1. The van der Waals surface area contributed by atoms with Gasteiger partial charge in [0.25, 0.3) is 0 Å². The van der Waals surface area contributed by atoms with Crippen molar-refractivity contribution < 1.29 is 14.3 Å². The van der Waals surface area contributed by atoms with Gasteiger partial charge < -0.3 is 4.74 Å². The highest BCUT2D eigenvalue weighted by atomic mass is 28.3. The minimum atomic E-state index is -1.82. The summed E-state index contributed by atoms with van der Waals surface area (Å²) < 4.78 is 5.18. The molecule has 1 heterocycles. The second-order valence-electron chi connectivity index (χ2n) is 7.46. The van der Waals surface area contributed by atoms with E-state index in [2.05, 4.69) is 32.2 Å². The minimum Gasteiger partial charge on any atom is -0.446 e. The summed E-state index contributed by atoms with van der Waals surface area (Å²) >= 11 is 0. The van der Waals surface area contributed by atoms with E-state index in [1.165, 1.54) is 10.1 Å². The lowest BCUT2D eigenvalue weighted by atomic mass is 10.1. The Kier molecular flexibility index (Phi) is 5.27. The second kappa shape index (κ2) is 7.46. The lowest BCUT2D eigenvalue weighted by Gasteiger charge is -2.31. The summed E-state index contributed by atoms with van der Waals surface area (Å²) in [6, 6.07) is 19.7. The fraction of sp³-hybridized carbons (Fsp3) is 0.333. The van der Waals surface area contributed by atoms with E-state index in [1.807, 2.05) is 48.5 Å². The molecule has 2 aromatic rings. The fourth-order valence-corrected chi connectivity index (χ4v) is 5.69. The molecule has 1 saturated heterocycles. The van der Waals surface area contributed by atoms with Gasteiger partial charge in [0, 0.05) is 6.42 Å². The molecule has 136 valence electrons. The van der Waals surface area contributed by atoms with Crippen molar-refractivity contribution in [3.05, 3.63) is 66.2 Å². The van der Waals surface area contributed by atoms with Gasteiger partial charge in [-0.2, -0.15) is 0 Å². The van der Waals surface area contributed by atoms with Crippen LogP contribution in [0.3, 0.4) is 0 Å². The van der Waals surface area contributed by atoms with Crippen molar-refractivity contribution in [2.75, 3.05) is 6.61 Å². The van der Waals surface area contributed by atoms with Crippen LogP contribution in [-0.4, -0.2) is 31.6 Å². The summed E-state index contributed by atoms with van der Waals surface area (Å²) in [4.78, 5) is 26.5. The molecule has 2 atom stereocenters. The molecule has 0 saturated carbocycles. The molecule has 0 radical (unpaired) electrons. The number of benzene rings is 2. The molecule has 5 heteroatoms. The third kappa shape index (κ3) is 3.58. The first kappa shape index (κ1) is 18.4. The number of imide groups is 1. The van der Waals surface area contributed by atoms with Gasteiger partial charge >= 0.3 is 6.09 Å². The normalized spacial score (nSPS) is 18.5. The average molecular weight is 368 g/mol. The molecule has 2 aromatic carbocycles. The first-order valence-electron chi connectivity index (χ1n) is 9.00. The number of amides is 2. The SMILES string of the molecule is C[C@@H](CC(=O)N1C(=O)OC[C@H]1c1ccccc1)[Si](C)(C)c1ccccc1. The van der Waals surface area contributed by atoms with Gasteiger partial charge in [-0.15, -0.1) is 0 Å². The highest BCUT2D eigenvalue weighted by Gasteiger charge is 2.41. The second-order valence-corrected chi connectivity index (χ2v) is 12.5. The van der Waals surface area contributed by atoms with Gasteiger partial charge in [-0.3, -0.25) is 4.79 Å². The van der Waals surface area contributed by atoms with Crippen molar-refractivity contribution in [3.8, 4) is 0 Å². The largest absolute Gasteiger partial charge is 0.446 e. The monoisotopic (exact) mass is 367 g/mol. The van der Waals surface area contributed by atoms with E-state index >= 15 is 0 Å². The Labute approximate surface area is 155 Å². The summed E-state index contributed by atoms with van der Waals surface area (Å²) in [5.41, 5.74) is 1.14. The lowest BCUT2D eigenvalue weighted by molar-refractivity contribution is -0.129. The van der Waals surface area contributed by atoms with Crippen molar-refractivity contribution in [1.82, 2.24) is 4.90 Å². The van der Waals surface area contributed by atoms with Crippen LogP contribution >= 0.6 is 0 Å². The molecular formula is C21H25NO3Si. The molecule has 2 amide bonds. The predicted octanol–water partition coefficient (Wildman–Crippen LogP) is 4.10. The van der Waals surface area contributed by atoms with Crippen molar-refractivity contribution in [2.45, 2.75) is 38.0 Å². The Bertz CT molecular complexity index is 776. The van der Waals surface area contributed by atoms with Crippen molar-refractivity contribution >= 4 is 25.3 Å². The molecule has 4 nitrogen and oxygen atoms in total. The van der Waals surface area contributed by atoms with E-state index in [0.717, 1.165) is 5.56 Å². The van der Waals surface area contributed by atoms with E-state index in [4.69, 9.17) is 4.74 Å². The third-order valence-corrected chi connectivity index (χ3v) is 10.0. The Morgan fingerprint density at radius 2 is 1.69 bits per heavy atom. The van der Waals surface area contributed by atoms with Gasteiger partial charge in [0.05, 0.1) is 8.07 Å². The number of carbonyl (C=O) groups excluding carboxylic acids is 2. The van der Waals surface area contributed by atoms with Crippen LogP contribution in [0.1, 0.15) is 24.9 Å². The van der Waals surface area contributed by atoms with Crippen LogP contribution in [0.25, 0.3) is 0 Å². The number of nitrogens with zero attached hydrogens (tertiary/aromatic N) is 1.